The minimum Gasteiger partial charge on any atom is -0.331 e. The number of carbonyl (C=O) groups excluding carboxylic acids is 1. The lowest BCUT2D eigenvalue weighted by Crippen LogP contribution is -2.53. The molecular weight excluding hydrogens is 440 g/mol. The van der Waals surface area contributed by atoms with Gasteiger partial charge in [0.25, 0.3) is 0 Å². The van der Waals surface area contributed by atoms with Gasteiger partial charge in [0, 0.05) is 26.2 Å². The first-order valence-electron chi connectivity index (χ1n) is 8.95. The van der Waals surface area contributed by atoms with Crippen molar-refractivity contribution in [2.45, 2.75) is 17.9 Å². The molecule has 3 rings (SSSR count). The van der Waals surface area contributed by atoms with E-state index >= 15 is 0 Å². The molecule has 6 nitrogen and oxygen atoms in total. The summed E-state index contributed by atoms with van der Waals surface area (Å²) in [4.78, 5) is 14.0. The zero-order chi connectivity index (χ0) is 21.2. The zero-order valence-corrected chi connectivity index (χ0v) is 17.9. The van der Waals surface area contributed by atoms with E-state index in [1.165, 1.54) is 34.6 Å². The Morgan fingerprint density at radius 2 is 1.69 bits per heavy atom. The van der Waals surface area contributed by atoms with Gasteiger partial charge in [0.1, 0.15) is 10.7 Å². The Bertz CT molecular complexity index is 994. The van der Waals surface area contributed by atoms with Crippen LogP contribution in [0.3, 0.4) is 0 Å². The Morgan fingerprint density at radius 1 is 1.07 bits per heavy atom. The molecule has 10 heteroatoms. The molecule has 2 aromatic rings. The SMILES string of the molecule is CC(NC(=O)N1CCN(S(=O)(=O)c2cccc(Cl)c2Cl)CC1)c1ccc(F)cc1. The Morgan fingerprint density at radius 3 is 2.31 bits per heavy atom. The number of amides is 2. The Hall–Kier alpha value is -1.87. The highest BCUT2D eigenvalue weighted by molar-refractivity contribution is 7.89. The molecule has 0 spiro atoms. The maximum absolute atomic E-state index is 13.0. The van der Waals surface area contributed by atoms with Crippen molar-refractivity contribution >= 4 is 39.3 Å². The summed E-state index contributed by atoms with van der Waals surface area (Å²) in [5, 5.41) is 3.00. The predicted octanol–water partition coefficient (Wildman–Crippen LogP) is 3.91. The van der Waals surface area contributed by atoms with E-state index < -0.39 is 10.0 Å². The number of piperazine rings is 1. The van der Waals surface area contributed by atoms with Gasteiger partial charge in [-0.1, -0.05) is 41.4 Å². The van der Waals surface area contributed by atoms with E-state index in [9.17, 15) is 17.6 Å². The minimum absolute atomic E-state index is 0.0116. The van der Waals surface area contributed by atoms with Crippen molar-refractivity contribution in [3.8, 4) is 0 Å². The predicted molar refractivity (Wildman–Crippen MR) is 110 cm³/mol. The van der Waals surface area contributed by atoms with Gasteiger partial charge in [-0.3, -0.25) is 0 Å². The molecule has 1 aliphatic heterocycles. The molecule has 1 unspecified atom stereocenters. The molecule has 1 heterocycles. The fourth-order valence-electron chi connectivity index (χ4n) is 3.07. The number of urea groups is 1. The van der Waals surface area contributed by atoms with Crippen LogP contribution in [0.4, 0.5) is 9.18 Å². The van der Waals surface area contributed by atoms with Crippen molar-refractivity contribution in [1.82, 2.24) is 14.5 Å². The van der Waals surface area contributed by atoms with Crippen LogP contribution in [0.25, 0.3) is 0 Å². The molecule has 0 aliphatic carbocycles. The quantitative estimate of drug-likeness (QED) is 0.753. The van der Waals surface area contributed by atoms with Gasteiger partial charge in [0.15, 0.2) is 0 Å². The first-order valence-corrected chi connectivity index (χ1v) is 11.1. The number of rotatable bonds is 4. The third kappa shape index (κ3) is 4.83. The van der Waals surface area contributed by atoms with Gasteiger partial charge >= 0.3 is 6.03 Å². The average molecular weight is 460 g/mol. The highest BCUT2D eigenvalue weighted by Crippen LogP contribution is 2.31. The Labute approximate surface area is 179 Å². The van der Waals surface area contributed by atoms with Crippen molar-refractivity contribution in [2.24, 2.45) is 0 Å². The Balaban J connectivity index is 1.61. The summed E-state index contributed by atoms with van der Waals surface area (Å²) < 4.78 is 40.1. The molecule has 0 bridgehead atoms. The average Bonchev–Trinajstić information content (AvgIpc) is 2.70. The highest BCUT2D eigenvalue weighted by atomic mass is 35.5. The van der Waals surface area contributed by atoms with Gasteiger partial charge in [-0.15, -0.1) is 0 Å². The van der Waals surface area contributed by atoms with E-state index in [1.54, 1.807) is 24.0 Å². The molecule has 1 fully saturated rings. The fraction of sp³-hybridized carbons (Fsp3) is 0.316. The summed E-state index contributed by atoms with van der Waals surface area (Å²) in [6, 6.07) is 9.74. The molecule has 1 aliphatic rings. The summed E-state index contributed by atoms with van der Waals surface area (Å²) in [5.74, 6) is -0.343. The van der Waals surface area contributed by atoms with Gasteiger partial charge in [-0.05, 0) is 36.8 Å². The minimum atomic E-state index is -3.81. The number of nitrogens with one attached hydrogen (secondary N) is 1. The van der Waals surface area contributed by atoms with Crippen molar-refractivity contribution in [3.05, 3.63) is 63.9 Å². The molecule has 0 radical (unpaired) electrons. The molecule has 0 saturated carbocycles. The Kier molecular flexibility index (Phi) is 6.68. The lowest BCUT2D eigenvalue weighted by molar-refractivity contribution is 0.169. The van der Waals surface area contributed by atoms with E-state index in [-0.39, 0.29) is 59.0 Å². The van der Waals surface area contributed by atoms with Crippen molar-refractivity contribution in [3.63, 3.8) is 0 Å². The van der Waals surface area contributed by atoms with Crippen LogP contribution in [0.15, 0.2) is 47.4 Å². The van der Waals surface area contributed by atoms with Crippen LogP contribution in [0, 0.1) is 5.82 Å². The van der Waals surface area contributed by atoms with Crippen LogP contribution in [0.1, 0.15) is 18.5 Å². The van der Waals surface area contributed by atoms with E-state index in [0.29, 0.717) is 0 Å². The number of hydrogen-bond acceptors (Lipinski definition) is 3. The highest BCUT2D eigenvalue weighted by Gasteiger charge is 2.32. The lowest BCUT2D eigenvalue weighted by atomic mass is 10.1. The molecule has 2 amide bonds. The molecular formula is C19H20Cl2FN3O3S. The van der Waals surface area contributed by atoms with Gasteiger partial charge in [0.05, 0.1) is 16.1 Å². The first kappa shape index (κ1) is 21.8. The normalized spacial score (nSPS) is 16.5. The van der Waals surface area contributed by atoms with Crippen molar-refractivity contribution < 1.29 is 17.6 Å². The van der Waals surface area contributed by atoms with E-state index in [2.05, 4.69) is 5.32 Å². The molecule has 1 N–H and O–H groups in total. The monoisotopic (exact) mass is 459 g/mol. The fourth-order valence-corrected chi connectivity index (χ4v) is 5.22. The summed E-state index contributed by atoms with van der Waals surface area (Å²) in [5.41, 5.74) is 0.775. The van der Waals surface area contributed by atoms with Crippen LogP contribution in [-0.2, 0) is 10.0 Å². The number of nitrogens with zero attached hydrogens (tertiary/aromatic N) is 2. The number of benzene rings is 2. The van der Waals surface area contributed by atoms with Crippen LogP contribution in [0.5, 0.6) is 0 Å². The van der Waals surface area contributed by atoms with E-state index in [1.807, 2.05) is 0 Å². The maximum atomic E-state index is 13.0. The van der Waals surface area contributed by atoms with Gasteiger partial charge in [-0.25, -0.2) is 17.6 Å². The van der Waals surface area contributed by atoms with Crippen molar-refractivity contribution in [1.29, 1.82) is 0 Å². The number of halogens is 3. The van der Waals surface area contributed by atoms with E-state index in [4.69, 9.17) is 23.2 Å². The summed E-state index contributed by atoms with van der Waals surface area (Å²) in [7, 11) is -3.81. The summed E-state index contributed by atoms with van der Waals surface area (Å²) in [6.45, 7) is 2.55. The zero-order valence-electron chi connectivity index (χ0n) is 15.6. The standard InChI is InChI=1S/C19H20Cl2FN3O3S/c1-13(14-5-7-15(22)8-6-14)23-19(26)24-9-11-25(12-10-24)29(27,28)17-4-2-3-16(20)18(17)21/h2-8,13H,9-12H2,1H3,(H,23,26). The first-order chi connectivity index (χ1) is 13.7. The lowest BCUT2D eigenvalue weighted by Gasteiger charge is -2.34. The second kappa shape index (κ2) is 8.87. The summed E-state index contributed by atoms with van der Waals surface area (Å²) in [6.07, 6.45) is 0. The van der Waals surface area contributed by atoms with Crippen LogP contribution in [0.2, 0.25) is 10.0 Å². The van der Waals surface area contributed by atoms with Gasteiger partial charge in [0.2, 0.25) is 10.0 Å². The number of sulfonamides is 1. The maximum Gasteiger partial charge on any atom is 0.317 e. The molecule has 0 aromatic heterocycles. The largest absolute Gasteiger partial charge is 0.331 e. The van der Waals surface area contributed by atoms with Gasteiger partial charge < -0.3 is 10.2 Å². The van der Waals surface area contributed by atoms with Crippen LogP contribution < -0.4 is 5.32 Å². The third-order valence-electron chi connectivity index (χ3n) is 4.77. The van der Waals surface area contributed by atoms with Crippen molar-refractivity contribution in [2.75, 3.05) is 26.2 Å². The second-order valence-corrected chi connectivity index (χ2v) is 9.36. The molecule has 156 valence electrons. The van der Waals surface area contributed by atoms with Crippen LogP contribution >= 0.6 is 23.2 Å². The molecule has 1 atom stereocenters. The second-order valence-electron chi connectivity index (χ2n) is 6.67. The number of hydrogen-bond donors (Lipinski definition) is 1. The third-order valence-corrected chi connectivity index (χ3v) is 7.64. The van der Waals surface area contributed by atoms with Gasteiger partial charge in [-0.2, -0.15) is 4.31 Å². The van der Waals surface area contributed by atoms with Crippen LogP contribution in [-0.4, -0.2) is 49.8 Å². The van der Waals surface area contributed by atoms with E-state index in [0.717, 1.165) is 5.56 Å². The molecule has 1 saturated heterocycles. The smallest absolute Gasteiger partial charge is 0.317 e. The molecule has 2 aromatic carbocycles. The topological polar surface area (TPSA) is 69.7 Å². The molecule has 29 heavy (non-hydrogen) atoms. The number of carbonyl (C=O) groups is 1. The summed E-state index contributed by atoms with van der Waals surface area (Å²) >= 11 is 12.0.